The van der Waals surface area contributed by atoms with Crippen molar-refractivity contribution in [2.75, 3.05) is 59.4 Å². The Bertz CT molecular complexity index is 702. The van der Waals surface area contributed by atoms with Crippen LogP contribution in [0.5, 0.6) is 0 Å². The number of piperazine rings is 2. The zero-order chi connectivity index (χ0) is 18.0. The van der Waals surface area contributed by atoms with Crippen molar-refractivity contribution in [2.45, 2.75) is 6.54 Å². The zero-order valence-electron chi connectivity index (χ0n) is 14.4. The van der Waals surface area contributed by atoms with E-state index in [9.17, 15) is 12.8 Å². The minimum Gasteiger partial charge on any atom is -0.304 e. The predicted molar refractivity (Wildman–Crippen MR) is 98.9 cm³/mol. The van der Waals surface area contributed by atoms with Gasteiger partial charge < -0.3 is 4.90 Å². The summed E-state index contributed by atoms with van der Waals surface area (Å²) in [5.74, 6) is -0.234. The summed E-state index contributed by atoms with van der Waals surface area (Å²) >= 11 is 3.26. The number of halogens is 2. The third kappa shape index (κ3) is 4.58. The molecule has 0 bridgehead atoms. The molecule has 0 saturated carbocycles. The molecule has 2 heterocycles. The minimum absolute atomic E-state index is 0.234. The Labute approximate surface area is 157 Å². The standard InChI is InChI=1S/C16H24BrFN4O2S/c1-19-4-8-21(9-5-19)25(23,24)22-10-6-20(7-11-22)13-14-2-3-15(17)12-16(14)18/h2-3,12H,4-11,13H2,1H3. The highest BCUT2D eigenvalue weighted by Gasteiger charge is 2.33. The molecule has 2 aliphatic rings. The summed E-state index contributed by atoms with van der Waals surface area (Å²) < 4.78 is 43.3. The predicted octanol–water partition coefficient (Wildman–Crippen LogP) is 1.20. The first-order valence-corrected chi connectivity index (χ1v) is 10.7. The Kier molecular flexibility index (Phi) is 6.12. The topological polar surface area (TPSA) is 47.1 Å². The molecule has 0 aromatic heterocycles. The molecule has 0 N–H and O–H groups in total. The molecule has 140 valence electrons. The summed E-state index contributed by atoms with van der Waals surface area (Å²) in [5, 5.41) is 0. The summed E-state index contributed by atoms with van der Waals surface area (Å²) in [6.45, 7) is 5.25. The van der Waals surface area contributed by atoms with Crippen LogP contribution in [0, 0.1) is 5.82 Å². The van der Waals surface area contributed by atoms with E-state index in [-0.39, 0.29) is 5.82 Å². The first kappa shape index (κ1) is 19.2. The lowest BCUT2D eigenvalue weighted by molar-refractivity contribution is 0.164. The van der Waals surface area contributed by atoms with Gasteiger partial charge in [0.05, 0.1) is 0 Å². The second-order valence-electron chi connectivity index (χ2n) is 6.62. The van der Waals surface area contributed by atoms with Gasteiger partial charge in [-0.2, -0.15) is 17.0 Å². The highest BCUT2D eigenvalue weighted by Crippen LogP contribution is 2.19. The summed E-state index contributed by atoms with van der Waals surface area (Å²) in [5.41, 5.74) is 0.638. The van der Waals surface area contributed by atoms with Gasteiger partial charge in [0, 0.05) is 68.9 Å². The van der Waals surface area contributed by atoms with Gasteiger partial charge in [-0.1, -0.05) is 22.0 Å². The molecule has 0 amide bonds. The van der Waals surface area contributed by atoms with Crippen LogP contribution in [0.2, 0.25) is 0 Å². The fraction of sp³-hybridized carbons (Fsp3) is 0.625. The van der Waals surface area contributed by atoms with Gasteiger partial charge in [-0.3, -0.25) is 4.90 Å². The van der Waals surface area contributed by atoms with Crippen LogP contribution in [0.15, 0.2) is 22.7 Å². The van der Waals surface area contributed by atoms with Gasteiger partial charge in [0.2, 0.25) is 0 Å². The molecule has 0 atom stereocenters. The second-order valence-corrected chi connectivity index (χ2v) is 9.47. The van der Waals surface area contributed by atoms with E-state index in [1.165, 1.54) is 6.07 Å². The number of hydrogen-bond acceptors (Lipinski definition) is 4. The third-order valence-corrected chi connectivity index (χ3v) is 7.38. The smallest absolute Gasteiger partial charge is 0.282 e. The van der Waals surface area contributed by atoms with Crippen LogP contribution in [0.25, 0.3) is 0 Å². The zero-order valence-corrected chi connectivity index (χ0v) is 16.8. The summed E-state index contributed by atoms with van der Waals surface area (Å²) in [4.78, 5) is 4.24. The Hall–Kier alpha value is -0.580. The average molecular weight is 435 g/mol. The molecule has 0 radical (unpaired) electrons. The van der Waals surface area contributed by atoms with Gasteiger partial charge in [0.1, 0.15) is 5.82 Å². The van der Waals surface area contributed by atoms with Crippen LogP contribution in [0.3, 0.4) is 0 Å². The summed E-state index contributed by atoms with van der Waals surface area (Å²) in [7, 11) is -1.38. The molecule has 3 rings (SSSR count). The molecule has 6 nitrogen and oxygen atoms in total. The number of benzene rings is 1. The van der Waals surface area contributed by atoms with Crippen LogP contribution in [0.4, 0.5) is 4.39 Å². The van der Waals surface area contributed by atoms with Gasteiger partial charge in [0.15, 0.2) is 0 Å². The van der Waals surface area contributed by atoms with Gasteiger partial charge in [-0.15, -0.1) is 0 Å². The van der Waals surface area contributed by atoms with Crippen molar-refractivity contribution < 1.29 is 12.8 Å². The van der Waals surface area contributed by atoms with Gasteiger partial charge in [0.25, 0.3) is 10.2 Å². The number of hydrogen-bond donors (Lipinski definition) is 0. The number of likely N-dealkylation sites (N-methyl/N-ethyl adjacent to an activating group) is 1. The fourth-order valence-electron chi connectivity index (χ4n) is 3.19. The lowest BCUT2D eigenvalue weighted by atomic mass is 10.2. The largest absolute Gasteiger partial charge is 0.304 e. The molecule has 2 aliphatic heterocycles. The molecule has 0 spiro atoms. The van der Waals surface area contributed by atoms with Crippen LogP contribution in [0.1, 0.15) is 5.56 Å². The molecule has 0 unspecified atom stereocenters. The maximum absolute atomic E-state index is 14.0. The van der Waals surface area contributed by atoms with E-state index in [2.05, 4.69) is 25.7 Å². The van der Waals surface area contributed by atoms with Crippen molar-refractivity contribution in [1.82, 2.24) is 18.4 Å². The first-order chi connectivity index (χ1) is 11.9. The van der Waals surface area contributed by atoms with Gasteiger partial charge >= 0.3 is 0 Å². The van der Waals surface area contributed by atoms with E-state index in [4.69, 9.17) is 0 Å². The minimum atomic E-state index is -3.39. The van der Waals surface area contributed by atoms with Crippen molar-refractivity contribution in [2.24, 2.45) is 0 Å². The Morgan fingerprint density at radius 3 is 2.12 bits per heavy atom. The highest BCUT2D eigenvalue weighted by atomic mass is 79.9. The van der Waals surface area contributed by atoms with Gasteiger partial charge in [-0.05, 0) is 19.2 Å². The van der Waals surface area contributed by atoms with Crippen molar-refractivity contribution in [1.29, 1.82) is 0 Å². The van der Waals surface area contributed by atoms with Crippen molar-refractivity contribution >= 4 is 26.1 Å². The fourth-order valence-corrected chi connectivity index (χ4v) is 5.10. The molecule has 1 aromatic rings. The number of rotatable bonds is 4. The normalized spacial score (nSPS) is 22.4. The Morgan fingerprint density at radius 2 is 1.56 bits per heavy atom. The lowest BCUT2D eigenvalue weighted by Gasteiger charge is -2.39. The van der Waals surface area contributed by atoms with E-state index >= 15 is 0 Å². The van der Waals surface area contributed by atoms with E-state index in [1.807, 2.05) is 13.1 Å². The van der Waals surface area contributed by atoms with Crippen LogP contribution >= 0.6 is 15.9 Å². The monoisotopic (exact) mass is 434 g/mol. The molecular formula is C16H24BrFN4O2S. The Balaban J connectivity index is 1.56. The maximum atomic E-state index is 14.0. The molecule has 1 aromatic carbocycles. The van der Waals surface area contributed by atoms with E-state index in [0.29, 0.717) is 51.4 Å². The molecular weight excluding hydrogens is 411 g/mol. The van der Waals surface area contributed by atoms with Crippen LogP contribution in [-0.2, 0) is 16.8 Å². The van der Waals surface area contributed by atoms with Crippen LogP contribution in [-0.4, -0.2) is 86.2 Å². The first-order valence-electron chi connectivity index (χ1n) is 8.46. The van der Waals surface area contributed by atoms with E-state index < -0.39 is 10.2 Å². The molecule has 0 aliphatic carbocycles. The molecule has 2 fully saturated rings. The molecule has 9 heteroatoms. The van der Waals surface area contributed by atoms with Crippen molar-refractivity contribution in [3.63, 3.8) is 0 Å². The van der Waals surface area contributed by atoms with Gasteiger partial charge in [-0.25, -0.2) is 4.39 Å². The van der Waals surface area contributed by atoms with E-state index in [1.54, 1.807) is 14.7 Å². The molecule has 2 saturated heterocycles. The lowest BCUT2D eigenvalue weighted by Crippen LogP contribution is -2.56. The number of nitrogens with zero attached hydrogens (tertiary/aromatic N) is 4. The molecule has 25 heavy (non-hydrogen) atoms. The Morgan fingerprint density at radius 1 is 1.00 bits per heavy atom. The van der Waals surface area contributed by atoms with Crippen LogP contribution < -0.4 is 0 Å². The summed E-state index contributed by atoms with van der Waals surface area (Å²) in [6, 6.07) is 5.06. The van der Waals surface area contributed by atoms with Crippen molar-refractivity contribution in [3.8, 4) is 0 Å². The maximum Gasteiger partial charge on any atom is 0.282 e. The quantitative estimate of drug-likeness (QED) is 0.714. The van der Waals surface area contributed by atoms with Crippen molar-refractivity contribution in [3.05, 3.63) is 34.1 Å². The SMILES string of the molecule is CN1CCN(S(=O)(=O)N2CCN(Cc3ccc(Br)cc3F)CC2)CC1. The summed E-state index contributed by atoms with van der Waals surface area (Å²) in [6.07, 6.45) is 0. The van der Waals surface area contributed by atoms with E-state index in [0.717, 1.165) is 17.6 Å². The highest BCUT2D eigenvalue weighted by molar-refractivity contribution is 9.10. The average Bonchev–Trinajstić information content (AvgIpc) is 2.58. The second kappa shape index (κ2) is 7.98. The third-order valence-electron chi connectivity index (χ3n) is 4.86.